The highest BCUT2D eigenvalue weighted by molar-refractivity contribution is 6.36. The number of hydrogen-bond acceptors (Lipinski definition) is 3. The van der Waals surface area contributed by atoms with E-state index < -0.39 is 0 Å². The zero-order valence-corrected chi connectivity index (χ0v) is 15.9. The molecule has 2 amide bonds. The molecule has 0 radical (unpaired) electrons. The lowest BCUT2D eigenvalue weighted by atomic mass is 10.0. The van der Waals surface area contributed by atoms with E-state index in [4.69, 9.17) is 11.6 Å². The maximum absolute atomic E-state index is 12.9. The lowest BCUT2D eigenvalue weighted by Gasteiger charge is -2.14. The predicted molar refractivity (Wildman–Crippen MR) is 105 cm³/mol. The number of hydrogen-bond donors (Lipinski definition) is 1. The van der Waals surface area contributed by atoms with Crippen molar-refractivity contribution in [3.63, 3.8) is 0 Å². The Kier molecular flexibility index (Phi) is 5.14. The van der Waals surface area contributed by atoms with Gasteiger partial charge in [-0.05, 0) is 61.2 Å². The minimum atomic E-state index is -0.291. The van der Waals surface area contributed by atoms with Crippen LogP contribution in [0.5, 0.6) is 0 Å². The van der Waals surface area contributed by atoms with Crippen molar-refractivity contribution in [3.8, 4) is 0 Å². The normalized spacial score (nSPS) is 14.4. The second kappa shape index (κ2) is 7.34. The van der Waals surface area contributed by atoms with Crippen molar-refractivity contribution in [2.45, 2.75) is 27.2 Å². The molecule has 0 bridgehead atoms. The average Bonchev–Trinajstić information content (AvgIpc) is 2.80. The fourth-order valence-electron chi connectivity index (χ4n) is 3.19. The number of carbonyl (C=O) groups excluding carboxylic acids is 2. The lowest BCUT2D eigenvalue weighted by molar-refractivity contribution is -0.136. The molecule has 2 aromatic rings. The minimum Gasteiger partial charge on any atom is -0.350 e. The largest absolute Gasteiger partial charge is 0.350 e. The standard InChI is InChI=1S/C21H21ClN2O2/c1-4-9-24-20(25)18(15-5-7-16(22)8-6-15)19(21(24)26)23-17-11-13(2)10-14(3)12-17/h5-8,10-12,23H,4,9H2,1-3H3. The Balaban J connectivity index is 2.08. The number of rotatable bonds is 5. The van der Waals surface area contributed by atoms with E-state index in [0.717, 1.165) is 16.8 Å². The van der Waals surface area contributed by atoms with E-state index in [1.54, 1.807) is 24.3 Å². The van der Waals surface area contributed by atoms with Gasteiger partial charge in [0.1, 0.15) is 5.70 Å². The number of halogens is 1. The van der Waals surface area contributed by atoms with Gasteiger partial charge in [-0.1, -0.05) is 36.7 Å². The summed E-state index contributed by atoms with van der Waals surface area (Å²) >= 11 is 5.97. The number of imide groups is 1. The van der Waals surface area contributed by atoms with E-state index in [1.165, 1.54) is 4.90 Å². The van der Waals surface area contributed by atoms with Crippen LogP contribution in [-0.4, -0.2) is 23.3 Å². The fourth-order valence-corrected chi connectivity index (χ4v) is 3.32. The van der Waals surface area contributed by atoms with Crippen molar-refractivity contribution >= 4 is 34.7 Å². The quantitative estimate of drug-likeness (QED) is 0.787. The van der Waals surface area contributed by atoms with Crippen molar-refractivity contribution in [1.29, 1.82) is 0 Å². The fraction of sp³-hybridized carbons (Fsp3) is 0.238. The van der Waals surface area contributed by atoms with E-state index in [0.29, 0.717) is 34.8 Å². The molecule has 0 aliphatic carbocycles. The summed E-state index contributed by atoms with van der Waals surface area (Å²) in [5, 5.41) is 3.77. The smallest absolute Gasteiger partial charge is 0.278 e. The molecular formula is C21H21ClN2O2. The van der Waals surface area contributed by atoms with Gasteiger partial charge in [0.05, 0.1) is 5.57 Å². The van der Waals surface area contributed by atoms with Crippen LogP contribution in [0.4, 0.5) is 5.69 Å². The van der Waals surface area contributed by atoms with Gasteiger partial charge in [0.15, 0.2) is 0 Å². The molecule has 1 heterocycles. The van der Waals surface area contributed by atoms with Gasteiger partial charge in [0, 0.05) is 17.3 Å². The highest BCUT2D eigenvalue weighted by Crippen LogP contribution is 2.31. The molecule has 5 heteroatoms. The summed E-state index contributed by atoms with van der Waals surface area (Å²) in [5.74, 6) is -0.563. The molecule has 0 unspecified atom stereocenters. The molecule has 1 N–H and O–H groups in total. The first-order valence-corrected chi connectivity index (χ1v) is 9.00. The monoisotopic (exact) mass is 368 g/mol. The van der Waals surface area contributed by atoms with E-state index >= 15 is 0 Å². The van der Waals surface area contributed by atoms with Crippen molar-refractivity contribution in [1.82, 2.24) is 4.90 Å². The van der Waals surface area contributed by atoms with Crippen molar-refractivity contribution < 1.29 is 9.59 Å². The number of nitrogens with one attached hydrogen (secondary N) is 1. The third-order valence-corrected chi connectivity index (χ3v) is 4.49. The van der Waals surface area contributed by atoms with Crippen LogP contribution >= 0.6 is 11.6 Å². The summed E-state index contributed by atoms with van der Waals surface area (Å²) in [6, 6.07) is 12.9. The van der Waals surface area contributed by atoms with E-state index in [2.05, 4.69) is 11.4 Å². The Morgan fingerprint density at radius 1 is 0.962 bits per heavy atom. The van der Waals surface area contributed by atoms with Crippen LogP contribution in [0.25, 0.3) is 5.57 Å². The molecule has 0 atom stereocenters. The third-order valence-electron chi connectivity index (χ3n) is 4.24. The van der Waals surface area contributed by atoms with Gasteiger partial charge in [0.25, 0.3) is 11.8 Å². The molecule has 0 saturated heterocycles. The summed E-state index contributed by atoms with van der Waals surface area (Å²) in [4.78, 5) is 27.1. The van der Waals surface area contributed by atoms with Crippen molar-refractivity contribution in [2.24, 2.45) is 0 Å². The zero-order valence-electron chi connectivity index (χ0n) is 15.1. The maximum Gasteiger partial charge on any atom is 0.278 e. The van der Waals surface area contributed by atoms with Gasteiger partial charge in [0.2, 0.25) is 0 Å². The van der Waals surface area contributed by atoms with Gasteiger partial charge in [-0.15, -0.1) is 0 Å². The Bertz CT molecular complexity index is 880. The molecule has 134 valence electrons. The predicted octanol–water partition coefficient (Wildman–Crippen LogP) is 4.56. The summed E-state index contributed by atoms with van der Waals surface area (Å²) in [6.45, 7) is 6.33. The summed E-state index contributed by atoms with van der Waals surface area (Å²) in [6.07, 6.45) is 0.711. The Morgan fingerprint density at radius 3 is 2.15 bits per heavy atom. The van der Waals surface area contributed by atoms with Crippen LogP contribution < -0.4 is 5.32 Å². The average molecular weight is 369 g/mol. The number of anilines is 1. The topological polar surface area (TPSA) is 49.4 Å². The maximum atomic E-state index is 12.9. The van der Waals surface area contributed by atoms with Gasteiger partial charge in [-0.25, -0.2) is 0 Å². The molecule has 2 aromatic carbocycles. The third kappa shape index (κ3) is 3.51. The number of benzene rings is 2. The highest BCUT2D eigenvalue weighted by Gasteiger charge is 2.38. The van der Waals surface area contributed by atoms with Crippen LogP contribution in [0.1, 0.15) is 30.0 Å². The van der Waals surface area contributed by atoms with Crippen LogP contribution in [0, 0.1) is 13.8 Å². The first kappa shape index (κ1) is 18.2. The molecule has 1 aliphatic heterocycles. The SMILES string of the molecule is CCCN1C(=O)C(Nc2cc(C)cc(C)c2)=C(c2ccc(Cl)cc2)C1=O. The highest BCUT2D eigenvalue weighted by atomic mass is 35.5. The summed E-state index contributed by atoms with van der Waals surface area (Å²) in [7, 11) is 0. The lowest BCUT2D eigenvalue weighted by Crippen LogP contribution is -2.33. The molecule has 3 rings (SSSR count). The Morgan fingerprint density at radius 2 is 1.58 bits per heavy atom. The molecule has 0 fully saturated rings. The first-order valence-electron chi connectivity index (χ1n) is 8.62. The van der Waals surface area contributed by atoms with Crippen LogP contribution in [0.2, 0.25) is 5.02 Å². The molecule has 26 heavy (non-hydrogen) atoms. The minimum absolute atomic E-state index is 0.272. The number of nitrogens with zero attached hydrogens (tertiary/aromatic N) is 1. The van der Waals surface area contributed by atoms with Gasteiger partial charge >= 0.3 is 0 Å². The number of amides is 2. The van der Waals surface area contributed by atoms with E-state index in [9.17, 15) is 9.59 Å². The van der Waals surface area contributed by atoms with Gasteiger partial charge in [-0.3, -0.25) is 14.5 Å². The van der Waals surface area contributed by atoms with Crippen molar-refractivity contribution in [2.75, 3.05) is 11.9 Å². The molecule has 0 aromatic heterocycles. The Hall–Kier alpha value is -2.59. The van der Waals surface area contributed by atoms with E-state index in [1.807, 2.05) is 32.9 Å². The zero-order chi connectivity index (χ0) is 18.8. The molecule has 4 nitrogen and oxygen atoms in total. The first-order chi connectivity index (χ1) is 12.4. The van der Waals surface area contributed by atoms with Gasteiger partial charge in [-0.2, -0.15) is 0 Å². The summed E-state index contributed by atoms with van der Waals surface area (Å²) in [5.41, 5.74) is 4.35. The molecular weight excluding hydrogens is 348 g/mol. The Labute approximate surface area is 158 Å². The second-order valence-electron chi connectivity index (χ2n) is 6.52. The van der Waals surface area contributed by atoms with Crippen LogP contribution in [-0.2, 0) is 9.59 Å². The van der Waals surface area contributed by atoms with Crippen molar-refractivity contribution in [3.05, 3.63) is 69.9 Å². The summed E-state index contributed by atoms with van der Waals surface area (Å²) < 4.78 is 0. The van der Waals surface area contributed by atoms with Crippen LogP contribution in [0.15, 0.2) is 48.2 Å². The van der Waals surface area contributed by atoms with Crippen LogP contribution in [0.3, 0.4) is 0 Å². The number of carbonyl (C=O) groups is 2. The molecule has 0 spiro atoms. The molecule has 0 saturated carbocycles. The second-order valence-corrected chi connectivity index (χ2v) is 6.96. The van der Waals surface area contributed by atoms with E-state index in [-0.39, 0.29) is 11.8 Å². The molecule has 1 aliphatic rings. The number of aryl methyl sites for hydroxylation is 2. The van der Waals surface area contributed by atoms with Gasteiger partial charge < -0.3 is 5.32 Å².